The zero-order valence-corrected chi connectivity index (χ0v) is 12.1. The van der Waals surface area contributed by atoms with Gasteiger partial charge in [-0.25, -0.2) is 4.79 Å². The molecule has 0 aliphatic rings. The van der Waals surface area contributed by atoms with Crippen LogP contribution in [0.2, 0.25) is 0 Å². The number of fused-ring (bicyclic) bond motifs is 1. The van der Waals surface area contributed by atoms with Gasteiger partial charge >= 0.3 is 5.97 Å². The molecule has 0 amide bonds. The van der Waals surface area contributed by atoms with Crippen molar-refractivity contribution in [2.45, 2.75) is 26.4 Å². The second-order valence-electron chi connectivity index (χ2n) is 4.76. The highest BCUT2D eigenvalue weighted by atomic mass is 127. The van der Waals surface area contributed by atoms with Crippen LogP contribution in [0.1, 0.15) is 31.3 Å². The molecule has 1 aromatic carbocycles. The van der Waals surface area contributed by atoms with Crippen LogP contribution in [0.25, 0.3) is 11.0 Å². The summed E-state index contributed by atoms with van der Waals surface area (Å²) in [6, 6.07) is 7.43. The molecular weight excluding hydrogens is 331 g/mol. The van der Waals surface area contributed by atoms with Crippen LogP contribution < -0.4 is 0 Å². The number of esters is 1. The molecule has 0 atom stereocenters. The van der Waals surface area contributed by atoms with Crippen molar-refractivity contribution in [3.8, 4) is 0 Å². The summed E-state index contributed by atoms with van der Waals surface area (Å²) < 4.78 is 11.8. The van der Waals surface area contributed by atoms with E-state index in [9.17, 15) is 4.79 Å². The molecule has 0 saturated carbocycles. The van der Waals surface area contributed by atoms with Gasteiger partial charge in [0.25, 0.3) is 0 Å². The van der Waals surface area contributed by atoms with Gasteiger partial charge in [-0.3, -0.25) is 0 Å². The molecule has 0 saturated heterocycles. The number of carbonyl (C=O) groups is 1. The van der Waals surface area contributed by atoms with Crippen LogP contribution in [0.15, 0.2) is 28.7 Å². The maximum Gasteiger partial charge on any atom is 0.374 e. The SMILES string of the molecule is CC(C)(C)OC(=O)c1cc2c(I)cccc2o1. The number of benzene rings is 1. The Labute approximate surface area is 113 Å². The lowest BCUT2D eigenvalue weighted by atomic mass is 10.2. The van der Waals surface area contributed by atoms with Crippen LogP contribution in [-0.4, -0.2) is 11.6 Å². The van der Waals surface area contributed by atoms with Gasteiger partial charge in [-0.2, -0.15) is 0 Å². The molecule has 0 N–H and O–H groups in total. The number of furan rings is 1. The van der Waals surface area contributed by atoms with Gasteiger partial charge in [0.15, 0.2) is 0 Å². The van der Waals surface area contributed by atoms with Crippen molar-refractivity contribution in [2.75, 3.05) is 0 Å². The monoisotopic (exact) mass is 344 g/mol. The highest BCUT2D eigenvalue weighted by Gasteiger charge is 2.21. The Morgan fingerprint density at radius 3 is 2.65 bits per heavy atom. The number of ether oxygens (including phenoxy) is 1. The first-order chi connectivity index (χ1) is 7.87. The molecule has 1 aromatic heterocycles. The molecule has 2 rings (SSSR count). The van der Waals surface area contributed by atoms with E-state index in [4.69, 9.17) is 9.15 Å². The van der Waals surface area contributed by atoms with E-state index < -0.39 is 11.6 Å². The van der Waals surface area contributed by atoms with Gasteiger partial charge < -0.3 is 9.15 Å². The number of hydrogen-bond donors (Lipinski definition) is 0. The molecule has 3 nitrogen and oxygen atoms in total. The largest absolute Gasteiger partial charge is 0.454 e. The van der Waals surface area contributed by atoms with Crippen LogP contribution in [0.3, 0.4) is 0 Å². The van der Waals surface area contributed by atoms with Gasteiger partial charge in [-0.05, 0) is 55.5 Å². The molecule has 17 heavy (non-hydrogen) atoms. The van der Waals surface area contributed by atoms with Crippen molar-refractivity contribution in [1.82, 2.24) is 0 Å². The third-order valence-electron chi connectivity index (χ3n) is 2.11. The van der Waals surface area contributed by atoms with E-state index in [1.54, 1.807) is 6.07 Å². The van der Waals surface area contributed by atoms with Crippen LogP contribution in [0, 0.1) is 3.57 Å². The average molecular weight is 344 g/mol. The minimum Gasteiger partial charge on any atom is -0.454 e. The van der Waals surface area contributed by atoms with Gasteiger partial charge in [0.05, 0.1) is 0 Å². The fraction of sp³-hybridized carbons (Fsp3) is 0.308. The summed E-state index contributed by atoms with van der Waals surface area (Å²) in [5.74, 6) is -0.177. The molecule has 0 unspecified atom stereocenters. The van der Waals surface area contributed by atoms with Crippen LogP contribution in [-0.2, 0) is 4.74 Å². The summed E-state index contributed by atoms with van der Waals surface area (Å²) in [4.78, 5) is 11.8. The van der Waals surface area contributed by atoms with E-state index >= 15 is 0 Å². The Bertz CT molecular complexity index is 564. The molecule has 0 aliphatic heterocycles. The first kappa shape index (κ1) is 12.4. The maximum atomic E-state index is 11.8. The summed E-state index contributed by atoms with van der Waals surface area (Å²) in [5, 5.41) is 0.939. The highest BCUT2D eigenvalue weighted by Crippen LogP contribution is 2.25. The number of hydrogen-bond acceptors (Lipinski definition) is 3. The Balaban J connectivity index is 2.37. The lowest BCUT2D eigenvalue weighted by molar-refractivity contribution is 0.00382. The van der Waals surface area contributed by atoms with E-state index in [1.807, 2.05) is 39.0 Å². The topological polar surface area (TPSA) is 39.4 Å². The maximum absolute atomic E-state index is 11.8. The summed E-state index contributed by atoms with van der Waals surface area (Å²) in [6.07, 6.45) is 0. The normalized spacial score (nSPS) is 11.8. The molecule has 0 bridgehead atoms. The third kappa shape index (κ3) is 2.80. The minimum absolute atomic E-state index is 0.249. The Morgan fingerprint density at radius 2 is 2.06 bits per heavy atom. The van der Waals surface area contributed by atoms with E-state index in [0.717, 1.165) is 8.96 Å². The molecule has 1 heterocycles. The smallest absolute Gasteiger partial charge is 0.374 e. The van der Waals surface area contributed by atoms with Gasteiger partial charge in [0, 0.05) is 15.0 Å². The minimum atomic E-state index is -0.511. The van der Waals surface area contributed by atoms with Gasteiger partial charge in [0.2, 0.25) is 5.76 Å². The fourth-order valence-corrected chi connectivity index (χ4v) is 2.08. The number of carbonyl (C=O) groups excluding carboxylic acids is 1. The molecule has 2 aromatic rings. The Morgan fingerprint density at radius 1 is 1.35 bits per heavy atom. The quantitative estimate of drug-likeness (QED) is 0.580. The van der Waals surface area contributed by atoms with E-state index in [0.29, 0.717) is 5.58 Å². The standard InChI is InChI=1S/C13H13IO3/c1-13(2,3)17-12(15)11-7-8-9(14)5-4-6-10(8)16-11/h4-7H,1-3H3. The number of halogens is 1. The first-order valence-corrected chi connectivity index (χ1v) is 6.36. The molecule has 4 heteroatoms. The van der Waals surface area contributed by atoms with Crippen molar-refractivity contribution >= 4 is 39.5 Å². The fourth-order valence-electron chi connectivity index (χ4n) is 1.45. The molecule has 90 valence electrons. The van der Waals surface area contributed by atoms with Crippen molar-refractivity contribution in [3.05, 3.63) is 33.6 Å². The van der Waals surface area contributed by atoms with E-state index in [1.165, 1.54) is 0 Å². The van der Waals surface area contributed by atoms with Crippen molar-refractivity contribution in [3.63, 3.8) is 0 Å². The lowest BCUT2D eigenvalue weighted by Gasteiger charge is -2.18. The molecule has 0 aliphatic carbocycles. The van der Waals surface area contributed by atoms with Gasteiger partial charge in [0.1, 0.15) is 11.2 Å². The Kier molecular flexibility index (Phi) is 3.16. The zero-order valence-electron chi connectivity index (χ0n) is 9.91. The summed E-state index contributed by atoms with van der Waals surface area (Å²) in [5.41, 5.74) is 0.196. The predicted octanol–water partition coefficient (Wildman–Crippen LogP) is 3.99. The van der Waals surface area contributed by atoms with Gasteiger partial charge in [-0.15, -0.1) is 0 Å². The highest BCUT2D eigenvalue weighted by molar-refractivity contribution is 14.1. The van der Waals surface area contributed by atoms with Crippen molar-refractivity contribution in [2.24, 2.45) is 0 Å². The first-order valence-electron chi connectivity index (χ1n) is 5.28. The van der Waals surface area contributed by atoms with Gasteiger partial charge in [-0.1, -0.05) is 6.07 Å². The summed E-state index contributed by atoms with van der Waals surface area (Å²) >= 11 is 2.21. The Hall–Kier alpha value is -1.04. The van der Waals surface area contributed by atoms with E-state index in [2.05, 4.69) is 22.6 Å². The zero-order chi connectivity index (χ0) is 12.6. The molecule has 0 spiro atoms. The second kappa shape index (κ2) is 4.33. The molecule has 0 fully saturated rings. The van der Waals surface area contributed by atoms with Crippen LogP contribution in [0.4, 0.5) is 0 Å². The predicted molar refractivity (Wildman–Crippen MR) is 74.1 cm³/mol. The number of rotatable bonds is 1. The van der Waals surface area contributed by atoms with Crippen molar-refractivity contribution in [1.29, 1.82) is 0 Å². The van der Waals surface area contributed by atoms with Crippen LogP contribution >= 0.6 is 22.6 Å². The van der Waals surface area contributed by atoms with E-state index in [-0.39, 0.29) is 5.76 Å². The second-order valence-corrected chi connectivity index (χ2v) is 5.93. The molecule has 0 radical (unpaired) electrons. The summed E-state index contributed by atoms with van der Waals surface area (Å²) in [6.45, 7) is 5.49. The van der Waals surface area contributed by atoms with Crippen LogP contribution in [0.5, 0.6) is 0 Å². The lowest BCUT2D eigenvalue weighted by Crippen LogP contribution is -2.23. The third-order valence-corrected chi connectivity index (χ3v) is 3.05. The average Bonchev–Trinajstić information content (AvgIpc) is 2.60. The molecular formula is C13H13IO3. The van der Waals surface area contributed by atoms with Crippen molar-refractivity contribution < 1.29 is 13.9 Å². The summed E-state index contributed by atoms with van der Waals surface area (Å²) in [7, 11) is 0.